The van der Waals surface area contributed by atoms with Gasteiger partial charge in [0.15, 0.2) is 11.5 Å². The minimum absolute atomic E-state index is 0.168. The number of nitrogens with two attached hydrogens (primary N) is 1. The second kappa shape index (κ2) is 8.05. The van der Waals surface area contributed by atoms with Gasteiger partial charge in [-0.2, -0.15) is 0 Å². The molecular weight excluding hydrogens is 324 g/mol. The number of aryl methyl sites for hydroxylation is 2. The predicted molar refractivity (Wildman–Crippen MR) is 89.2 cm³/mol. The van der Waals surface area contributed by atoms with Gasteiger partial charge in [-0.25, -0.2) is 0 Å². The van der Waals surface area contributed by atoms with Crippen LogP contribution in [-0.2, 0) is 22.4 Å². The van der Waals surface area contributed by atoms with E-state index < -0.39 is 17.8 Å². The molecule has 0 fully saturated rings. The van der Waals surface area contributed by atoms with Crippen LogP contribution in [-0.4, -0.2) is 22.8 Å². The Morgan fingerprint density at radius 2 is 1.68 bits per heavy atom. The molecule has 0 atom stereocenters. The summed E-state index contributed by atoms with van der Waals surface area (Å²) in [5.74, 6) is -1.27. The Labute approximate surface area is 144 Å². The van der Waals surface area contributed by atoms with Crippen LogP contribution in [0.3, 0.4) is 0 Å². The van der Waals surface area contributed by atoms with Crippen molar-refractivity contribution in [2.45, 2.75) is 26.7 Å². The molecule has 0 aliphatic carbocycles. The Balaban J connectivity index is 2.21. The van der Waals surface area contributed by atoms with Crippen molar-refractivity contribution in [3.05, 3.63) is 53.3 Å². The highest BCUT2D eigenvalue weighted by atomic mass is 16.6. The molecule has 1 aromatic carbocycles. The summed E-state index contributed by atoms with van der Waals surface area (Å²) in [4.78, 5) is 37.8. The number of primary amides is 1. The summed E-state index contributed by atoms with van der Waals surface area (Å²) in [6.45, 7) is 2.53. The summed E-state index contributed by atoms with van der Waals surface area (Å²) in [7, 11) is 0. The van der Waals surface area contributed by atoms with E-state index in [1.165, 1.54) is 20.0 Å². The third-order valence-electron chi connectivity index (χ3n) is 3.32. The first-order valence-corrected chi connectivity index (χ1v) is 7.60. The number of rotatable bonds is 6. The fraction of sp³-hybridized carbons (Fsp3) is 0.222. The maximum absolute atomic E-state index is 11.4. The van der Waals surface area contributed by atoms with E-state index in [2.05, 4.69) is 4.98 Å². The molecule has 25 heavy (non-hydrogen) atoms. The van der Waals surface area contributed by atoms with Gasteiger partial charge < -0.3 is 15.2 Å². The molecule has 0 aliphatic heterocycles. The zero-order valence-electron chi connectivity index (χ0n) is 13.9. The summed E-state index contributed by atoms with van der Waals surface area (Å²) in [6.07, 6.45) is 2.59. The van der Waals surface area contributed by atoms with E-state index in [0.29, 0.717) is 12.8 Å². The van der Waals surface area contributed by atoms with E-state index >= 15 is 0 Å². The molecule has 0 saturated carbocycles. The van der Waals surface area contributed by atoms with Crippen molar-refractivity contribution in [1.29, 1.82) is 0 Å². The Morgan fingerprint density at radius 3 is 2.32 bits per heavy atom. The van der Waals surface area contributed by atoms with Crippen LogP contribution in [0.15, 0.2) is 36.5 Å². The van der Waals surface area contributed by atoms with E-state index in [9.17, 15) is 14.4 Å². The van der Waals surface area contributed by atoms with E-state index in [4.69, 9.17) is 15.2 Å². The van der Waals surface area contributed by atoms with Crippen molar-refractivity contribution in [3.8, 4) is 11.5 Å². The maximum atomic E-state index is 11.4. The standard InChI is InChI=1S/C18H18N2O5/c1-11(21)24-15-8-6-13(10-16(15)25-12(2)22)5-7-14-4-3-9-20-17(14)18(19)23/h3-4,6,8-10H,5,7H2,1-2H3,(H2,19,23). The fourth-order valence-corrected chi connectivity index (χ4v) is 2.32. The minimum atomic E-state index is -0.582. The molecule has 0 spiro atoms. The van der Waals surface area contributed by atoms with E-state index in [1.807, 2.05) is 0 Å². The van der Waals surface area contributed by atoms with Crippen molar-refractivity contribution < 1.29 is 23.9 Å². The quantitative estimate of drug-likeness (QED) is 0.633. The number of benzene rings is 1. The number of carbonyl (C=O) groups excluding carboxylic acids is 3. The highest BCUT2D eigenvalue weighted by molar-refractivity contribution is 5.92. The molecular formula is C18H18N2O5. The second-order valence-corrected chi connectivity index (χ2v) is 5.34. The van der Waals surface area contributed by atoms with E-state index in [-0.39, 0.29) is 17.2 Å². The Hall–Kier alpha value is -3.22. The SMILES string of the molecule is CC(=O)Oc1ccc(CCc2cccnc2C(N)=O)cc1OC(C)=O. The number of amides is 1. The van der Waals surface area contributed by atoms with Gasteiger partial charge >= 0.3 is 11.9 Å². The summed E-state index contributed by atoms with van der Waals surface area (Å²) in [5.41, 5.74) is 7.13. The lowest BCUT2D eigenvalue weighted by atomic mass is 10.0. The largest absolute Gasteiger partial charge is 0.423 e. The lowest BCUT2D eigenvalue weighted by molar-refractivity contribution is -0.134. The Morgan fingerprint density at radius 1 is 1.00 bits per heavy atom. The topological polar surface area (TPSA) is 109 Å². The van der Waals surface area contributed by atoms with Crippen LogP contribution in [0.2, 0.25) is 0 Å². The van der Waals surface area contributed by atoms with Crippen LogP contribution < -0.4 is 15.2 Å². The number of hydrogen-bond donors (Lipinski definition) is 1. The highest BCUT2D eigenvalue weighted by Crippen LogP contribution is 2.29. The van der Waals surface area contributed by atoms with Gasteiger partial charge in [0.25, 0.3) is 5.91 Å². The number of nitrogens with zero attached hydrogens (tertiary/aromatic N) is 1. The number of pyridine rings is 1. The van der Waals surface area contributed by atoms with Crippen LogP contribution in [0.5, 0.6) is 11.5 Å². The number of hydrogen-bond acceptors (Lipinski definition) is 6. The summed E-state index contributed by atoms with van der Waals surface area (Å²) in [6, 6.07) is 8.46. The minimum Gasteiger partial charge on any atom is -0.423 e. The van der Waals surface area contributed by atoms with Gasteiger partial charge in [0.2, 0.25) is 0 Å². The molecule has 0 radical (unpaired) electrons. The third-order valence-corrected chi connectivity index (χ3v) is 3.32. The number of carbonyl (C=O) groups is 3. The van der Waals surface area contributed by atoms with Crippen molar-refractivity contribution in [2.24, 2.45) is 5.73 Å². The van der Waals surface area contributed by atoms with Gasteiger partial charge in [-0.1, -0.05) is 12.1 Å². The Kier molecular flexibility index (Phi) is 5.84. The lowest BCUT2D eigenvalue weighted by Crippen LogP contribution is -2.16. The van der Waals surface area contributed by atoms with Gasteiger partial charge in [0.1, 0.15) is 5.69 Å². The van der Waals surface area contributed by atoms with Crippen LogP contribution in [0.4, 0.5) is 0 Å². The van der Waals surface area contributed by atoms with Gasteiger partial charge in [-0.05, 0) is 42.2 Å². The molecule has 2 rings (SSSR count). The highest BCUT2D eigenvalue weighted by Gasteiger charge is 2.13. The molecule has 2 aromatic rings. The van der Waals surface area contributed by atoms with Gasteiger partial charge in [-0.3, -0.25) is 19.4 Å². The molecule has 0 unspecified atom stereocenters. The predicted octanol–water partition coefficient (Wildman–Crippen LogP) is 1.82. The molecule has 130 valence electrons. The molecule has 0 saturated heterocycles. The number of aromatic nitrogens is 1. The summed E-state index contributed by atoms with van der Waals surface area (Å²) < 4.78 is 10.1. The van der Waals surface area contributed by atoms with Gasteiger partial charge in [0.05, 0.1) is 0 Å². The molecule has 0 bridgehead atoms. The monoisotopic (exact) mass is 342 g/mol. The first-order chi connectivity index (χ1) is 11.9. The van der Waals surface area contributed by atoms with Crippen LogP contribution >= 0.6 is 0 Å². The first kappa shape index (κ1) is 18.1. The normalized spacial score (nSPS) is 10.2. The number of ether oxygens (including phenoxy) is 2. The smallest absolute Gasteiger partial charge is 0.308 e. The molecule has 1 amide bonds. The lowest BCUT2D eigenvalue weighted by Gasteiger charge is -2.11. The van der Waals surface area contributed by atoms with Crippen molar-refractivity contribution in [2.75, 3.05) is 0 Å². The van der Waals surface area contributed by atoms with Crippen LogP contribution in [0, 0.1) is 0 Å². The van der Waals surface area contributed by atoms with Crippen molar-refractivity contribution in [1.82, 2.24) is 4.98 Å². The summed E-state index contributed by atoms with van der Waals surface area (Å²) in [5, 5.41) is 0. The van der Waals surface area contributed by atoms with Crippen molar-refractivity contribution in [3.63, 3.8) is 0 Å². The Bertz CT molecular complexity index is 817. The molecule has 0 aliphatic rings. The molecule has 7 heteroatoms. The van der Waals surface area contributed by atoms with E-state index in [1.54, 1.807) is 30.3 Å². The second-order valence-electron chi connectivity index (χ2n) is 5.34. The molecule has 1 aromatic heterocycles. The van der Waals surface area contributed by atoms with Crippen LogP contribution in [0.25, 0.3) is 0 Å². The maximum Gasteiger partial charge on any atom is 0.308 e. The molecule has 2 N–H and O–H groups in total. The molecule has 1 heterocycles. The third kappa shape index (κ3) is 5.13. The summed E-state index contributed by atoms with van der Waals surface area (Å²) >= 11 is 0. The first-order valence-electron chi connectivity index (χ1n) is 7.60. The van der Waals surface area contributed by atoms with Crippen LogP contribution in [0.1, 0.15) is 35.5 Å². The van der Waals surface area contributed by atoms with E-state index in [0.717, 1.165) is 11.1 Å². The van der Waals surface area contributed by atoms with Gasteiger partial charge in [-0.15, -0.1) is 0 Å². The zero-order valence-corrected chi connectivity index (χ0v) is 13.9. The average Bonchev–Trinajstić information content (AvgIpc) is 2.54. The number of esters is 2. The zero-order chi connectivity index (χ0) is 18.4. The van der Waals surface area contributed by atoms with Gasteiger partial charge in [0, 0.05) is 20.0 Å². The van der Waals surface area contributed by atoms with Crippen molar-refractivity contribution >= 4 is 17.8 Å². The fourth-order valence-electron chi connectivity index (χ4n) is 2.32. The molecule has 7 nitrogen and oxygen atoms in total. The average molecular weight is 342 g/mol.